The molecule has 0 unspecified atom stereocenters. The summed E-state index contributed by atoms with van der Waals surface area (Å²) in [4.78, 5) is 25.0. The lowest BCUT2D eigenvalue weighted by atomic mass is 10.2. The number of carbonyl (C=O) groups is 2. The fourth-order valence-electron chi connectivity index (χ4n) is 0.786. The first-order valence-electron chi connectivity index (χ1n) is 3.38. The quantitative estimate of drug-likeness (QED) is 0.533. The van der Waals surface area contributed by atoms with Gasteiger partial charge in [0.25, 0.3) is 0 Å². The van der Waals surface area contributed by atoms with Crippen molar-refractivity contribution in [1.29, 1.82) is 0 Å². The van der Waals surface area contributed by atoms with Crippen molar-refractivity contribution in [3.63, 3.8) is 0 Å². The minimum atomic E-state index is -0.587. The Labute approximate surface area is 79.5 Å². The van der Waals surface area contributed by atoms with Crippen molar-refractivity contribution < 1.29 is 14.3 Å². The van der Waals surface area contributed by atoms with Gasteiger partial charge >= 0.3 is 5.97 Å². The third-order valence-electron chi connectivity index (χ3n) is 1.40. The largest absolute Gasteiger partial charge is 0.465 e. The maximum atomic E-state index is 11.1. The number of rotatable bonds is 2. The predicted molar refractivity (Wildman–Crippen MR) is 46.0 cm³/mol. The van der Waals surface area contributed by atoms with E-state index in [1.165, 1.54) is 19.4 Å². The summed E-state index contributed by atoms with van der Waals surface area (Å²) in [6, 6.07) is 1.28. The van der Waals surface area contributed by atoms with Gasteiger partial charge in [0.2, 0.25) is 0 Å². The summed E-state index contributed by atoms with van der Waals surface area (Å²) in [6.07, 6.45) is 1.76. The first-order chi connectivity index (χ1) is 6.19. The van der Waals surface area contributed by atoms with Crippen LogP contribution in [0.2, 0.25) is 5.02 Å². The molecule has 0 amide bonds. The van der Waals surface area contributed by atoms with Crippen molar-refractivity contribution in [2.24, 2.45) is 0 Å². The van der Waals surface area contributed by atoms with Crippen molar-refractivity contribution >= 4 is 23.9 Å². The molecule has 0 aliphatic heterocycles. The summed E-state index contributed by atoms with van der Waals surface area (Å²) in [5.74, 6) is -0.587. The van der Waals surface area contributed by atoms with E-state index in [-0.39, 0.29) is 16.3 Å². The highest BCUT2D eigenvalue weighted by atomic mass is 35.5. The van der Waals surface area contributed by atoms with E-state index in [1.54, 1.807) is 0 Å². The summed E-state index contributed by atoms with van der Waals surface area (Å²) in [5, 5.41) is 0.164. The Kier molecular flexibility index (Phi) is 2.97. The normalized spacial score (nSPS) is 9.38. The molecule has 0 saturated carbocycles. The zero-order chi connectivity index (χ0) is 9.84. The van der Waals surface area contributed by atoms with Crippen molar-refractivity contribution in [1.82, 2.24) is 4.98 Å². The summed E-state index contributed by atoms with van der Waals surface area (Å²) >= 11 is 5.65. The Bertz CT molecular complexity index is 351. The number of carbonyl (C=O) groups excluding carboxylic acids is 2. The Balaban J connectivity index is 3.18. The molecule has 1 rings (SSSR count). The molecule has 68 valence electrons. The number of pyridine rings is 1. The molecule has 0 aromatic carbocycles. The molecule has 0 aliphatic carbocycles. The summed E-state index contributed by atoms with van der Waals surface area (Å²) < 4.78 is 4.45. The minimum absolute atomic E-state index is 0.140. The second kappa shape index (κ2) is 4.00. The summed E-state index contributed by atoms with van der Waals surface area (Å²) in [6.45, 7) is 0. The van der Waals surface area contributed by atoms with Gasteiger partial charge < -0.3 is 4.74 Å². The fraction of sp³-hybridized carbons (Fsp3) is 0.125. The van der Waals surface area contributed by atoms with Gasteiger partial charge in [-0.25, -0.2) is 4.79 Å². The molecule has 1 aromatic rings. The zero-order valence-corrected chi connectivity index (χ0v) is 7.54. The first kappa shape index (κ1) is 9.67. The molecule has 0 aliphatic rings. The van der Waals surface area contributed by atoms with Crippen LogP contribution in [0.15, 0.2) is 12.3 Å². The predicted octanol–water partition coefficient (Wildman–Crippen LogP) is 1.33. The zero-order valence-electron chi connectivity index (χ0n) is 6.78. The number of hydrogen-bond acceptors (Lipinski definition) is 4. The third-order valence-corrected chi connectivity index (χ3v) is 1.70. The minimum Gasteiger partial charge on any atom is -0.465 e. The van der Waals surface area contributed by atoms with Crippen LogP contribution >= 0.6 is 11.6 Å². The number of halogens is 1. The standard InChI is InChI=1S/C8H6ClNO3/c1-13-8(12)6-2-5(4-11)10-3-7(6)9/h2-4H,1H3. The summed E-state index contributed by atoms with van der Waals surface area (Å²) in [5.41, 5.74) is 0.283. The Morgan fingerprint density at radius 2 is 2.38 bits per heavy atom. The molecular formula is C8H6ClNO3. The number of aromatic nitrogens is 1. The van der Waals surface area contributed by atoms with Crippen LogP contribution in [-0.2, 0) is 4.74 Å². The number of nitrogens with zero attached hydrogens (tertiary/aromatic N) is 1. The van der Waals surface area contributed by atoms with Crippen molar-refractivity contribution in [3.8, 4) is 0 Å². The van der Waals surface area contributed by atoms with Crippen molar-refractivity contribution in [2.75, 3.05) is 7.11 Å². The van der Waals surface area contributed by atoms with Gasteiger partial charge in [0.1, 0.15) is 5.69 Å². The molecule has 0 spiro atoms. The molecule has 4 nitrogen and oxygen atoms in total. The summed E-state index contributed by atoms with van der Waals surface area (Å²) in [7, 11) is 1.24. The van der Waals surface area contributed by atoms with Crippen LogP contribution in [0.1, 0.15) is 20.8 Å². The number of hydrogen-bond donors (Lipinski definition) is 0. The van der Waals surface area contributed by atoms with Gasteiger partial charge in [-0.15, -0.1) is 0 Å². The lowest BCUT2D eigenvalue weighted by Crippen LogP contribution is -2.03. The highest BCUT2D eigenvalue weighted by Gasteiger charge is 2.11. The van der Waals surface area contributed by atoms with Crippen LogP contribution in [0.4, 0.5) is 0 Å². The van der Waals surface area contributed by atoms with E-state index in [4.69, 9.17) is 11.6 Å². The van der Waals surface area contributed by atoms with Crippen LogP contribution in [0.25, 0.3) is 0 Å². The molecular weight excluding hydrogens is 194 g/mol. The van der Waals surface area contributed by atoms with Crippen molar-refractivity contribution in [2.45, 2.75) is 0 Å². The second-order valence-electron chi connectivity index (χ2n) is 2.20. The highest BCUT2D eigenvalue weighted by Crippen LogP contribution is 2.15. The van der Waals surface area contributed by atoms with E-state index in [0.29, 0.717) is 6.29 Å². The SMILES string of the molecule is COC(=O)c1cc(C=O)ncc1Cl. The van der Waals surface area contributed by atoms with E-state index in [1.807, 2.05) is 0 Å². The second-order valence-corrected chi connectivity index (χ2v) is 2.61. The van der Waals surface area contributed by atoms with Gasteiger partial charge in [-0.3, -0.25) is 9.78 Å². The Hall–Kier alpha value is -1.42. The van der Waals surface area contributed by atoms with Gasteiger partial charge in [-0.05, 0) is 6.07 Å². The smallest absolute Gasteiger partial charge is 0.339 e. The molecule has 0 bridgehead atoms. The van der Waals surface area contributed by atoms with Gasteiger partial charge in [0, 0.05) is 6.20 Å². The van der Waals surface area contributed by atoms with E-state index in [9.17, 15) is 9.59 Å². The average Bonchev–Trinajstić information content (AvgIpc) is 2.17. The molecule has 0 saturated heterocycles. The van der Waals surface area contributed by atoms with Crippen LogP contribution < -0.4 is 0 Å². The van der Waals surface area contributed by atoms with E-state index in [0.717, 1.165) is 0 Å². The molecule has 0 N–H and O–H groups in total. The van der Waals surface area contributed by atoms with E-state index < -0.39 is 5.97 Å². The monoisotopic (exact) mass is 199 g/mol. The highest BCUT2D eigenvalue weighted by molar-refractivity contribution is 6.33. The lowest BCUT2D eigenvalue weighted by Gasteiger charge is -2.01. The van der Waals surface area contributed by atoms with Gasteiger partial charge in [0.15, 0.2) is 6.29 Å². The van der Waals surface area contributed by atoms with Crippen LogP contribution in [0, 0.1) is 0 Å². The first-order valence-corrected chi connectivity index (χ1v) is 3.76. The van der Waals surface area contributed by atoms with Crippen LogP contribution in [0.3, 0.4) is 0 Å². The van der Waals surface area contributed by atoms with E-state index >= 15 is 0 Å². The number of ether oxygens (including phenoxy) is 1. The molecule has 0 atom stereocenters. The molecule has 1 heterocycles. The van der Waals surface area contributed by atoms with Crippen LogP contribution in [0.5, 0.6) is 0 Å². The number of aldehydes is 1. The van der Waals surface area contributed by atoms with Crippen molar-refractivity contribution in [3.05, 3.63) is 28.5 Å². The molecule has 13 heavy (non-hydrogen) atoms. The average molecular weight is 200 g/mol. The van der Waals surface area contributed by atoms with Gasteiger partial charge in [-0.2, -0.15) is 0 Å². The topological polar surface area (TPSA) is 56.3 Å². The molecule has 0 fully saturated rings. The molecule has 1 aromatic heterocycles. The maximum absolute atomic E-state index is 11.1. The fourth-order valence-corrected chi connectivity index (χ4v) is 0.966. The van der Waals surface area contributed by atoms with Crippen LogP contribution in [-0.4, -0.2) is 24.3 Å². The van der Waals surface area contributed by atoms with Gasteiger partial charge in [-0.1, -0.05) is 11.6 Å². The lowest BCUT2D eigenvalue weighted by molar-refractivity contribution is 0.0601. The Morgan fingerprint density at radius 1 is 1.69 bits per heavy atom. The van der Waals surface area contributed by atoms with Gasteiger partial charge in [0.05, 0.1) is 17.7 Å². The maximum Gasteiger partial charge on any atom is 0.339 e. The number of methoxy groups -OCH3 is 1. The molecule has 0 radical (unpaired) electrons. The number of esters is 1. The Morgan fingerprint density at radius 3 is 2.92 bits per heavy atom. The molecule has 5 heteroatoms. The third kappa shape index (κ3) is 2.03. The van der Waals surface area contributed by atoms with E-state index in [2.05, 4.69) is 9.72 Å².